The van der Waals surface area contributed by atoms with Crippen molar-refractivity contribution in [3.8, 4) is 5.88 Å². The average molecular weight is 314 g/mol. The molecule has 0 bridgehead atoms. The van der Waals surface area contributed by atoms with Crippen molar-refractivity contribution in [1.82, 2.24) is 20.0 Å². The van der Waals surface area contributed by atoms with Crippen LogP contribution in [0, 0.1) is 0 Å². The van der Waals surface area contributed by atoms with E-state index in [1.807, 2.05) is 4.90 Å². The number of likely N-dealkylation sites (tertiary alicyclic amines) is 1. The molecule has 2 aromatic heterocycles. The third-order valence-electron chi connectivity index (χ3n) is 4.30. The molecule has 7 nitrogen and oxygen atoms in total. The third-order valence-corrected chi connectivity index (χ3v) is 4.30. The zero-order valence-corrected chi connectivity index (χ0v) is 12.7. The molecule has 7 heteroatoms. The van der Waals surface area contributed by atoms with Crippen LogP contribution in [0.2, 0.25) is 0 Å². The maximum absolute atomic E-state index is 12.5. The van der Waals surface area contributed by atoms with Crippen molar-refractivity contribution in [1.29, 1.82) is 0 Å². The summed E-state index contributed by atoms with van der Waals surface area (Å²) in [7, 11) is 0. The van der Waals surface area contributed by atoms with E-state index >= 15 is 0 Å². The molecule has 0 aromatic carbocycles. The Kier molecular flexibility index (Phi) is 3.69. The van der Waals surface area contributed by atoms with Crippen molar-refractivity contribution < 1.29 is 14.1 Å². The molecular formula is C16H18N4O3. The van der Waals surface area contributed by atoms with E-state index in [2.05, 4.69) is 15.1 Å². The summed E-state index contributed by atoms with van der Waals surface area (Å²) in [6, 6.07) is 3.54. The van der Waals surface area contributed by atoms with Gasteiger partial charge in [0.1, 0.15) is 18.2 Å². The first kappa shape index (κ1) is 14.2. The lowest BCUT2D eigenvalue weighted by atomic mass is 10.1. The van der Waals surface area contributed by atoms with Crippen LogP contribution in [-0.2, 0) is 0 Å². The summed E-state index contributed by atoms with van der Waals surface area (Å²) in [6.45, 7) is 1.31. The van der Waals surface area contributed by atoms with Gasteiger partial charge in [-0.25, -0.2) is 9.97 Å². The van der Waals surface area contributed by atoms with Crippen molar-refractivity contribution in [2.75, 3.05) is 13.1 Å². The number of hydrogen-bond donors (Lipinski definition) is 0. The molecule has 0 atom stereocenters. The Morgan fingerprint density at radius 3 is 2.78 bits per heavy atom. The van der Waals surface area contributed by atoms with Gasteiger partial charge in [-0.2, -0.15) is 0 Å². The Bertz CT molecular complexity index is 676. The first-order valence-corrected chi connectivity index (χ1v) is 7.98. The second-order valence-corrected chi connectivity index (χ2v) is 6.05. The first-order chi connectivity index (χ1) is 11.3. The molecule has 0 spiro atoms. The number of aromatic nitrogens is 3. The van der Waals surface area contributed by atoms with Gasteiger partial charge in [-0.3, -0.25) is 4.79 Å². The number of carbonyl (C=O) groups excluding carboxylic acids is 1. The molecule has 1 aliphatic heterocycles. The van der Waals surface area contributed by atoms with Crippen molar-refractivity contribution in [3.63, 3.8) is 0 Å². The Labute approximate surface area is 133 Å². The zero-order valence-electron chi connectivity index (χ0n) is 12.7. The monoisotopic (exact) mass is 314 g/mol. The average Bonchev–Trinajstić information content (AvgIpc) is 3.33. The lowest BCUT2D eigenvalue weighted by Gasteiger charge is -2.31. The molecule has 2 aromatic rings. The van der Waals surface area contributed by atoms with E-state index in [9.17, 15) is 4.79 Å². The van der Waals surface area contributed by atoms with Gasteiger partial charge in [0.2, 0.25) is 5.88 Å². The molecule has 1 aliphatic carbocycles. The maximum atomic E-state index is 12.5. The predicted octanol–water partition coefficient (Wildman–Crippen LogP) is 2.03. The largest absolute Gasteiger partial charge is 0.474 e. The first-order valence-electron chi connectivity index (χ1n) is 7.98. The van der Waals surface area contributed by atoms with Gasteiger partial charge in [0.05, 0.1) is 0 Å². The summed E-state index contributed by atoms with van der Waals surface area (Å²) >= 11 is 0. The molecule has 2 aliphatic rings. The highest BCUT2D eigenvalue weighted by Crippen LogP contribution is 2.40. The minimum absolute atomic E-state index is 0.0545. The minimum Gasteiger partial charge on any atom is -0.474 e. The highest BCUT2D eigenvalue weighted by molar-refractivity contribution is 5.92. The molecule has 1 saturated carbocycles. The van der Waals surface area contributed by atoms with Crippen molar-refractivity contribution in [2.24, 2.45) is 0 Å². The summed E-state index contributed by atoms with van der Waals surface area (Å²) in [4.78, 5) is 22.2. The van der Waals surface area contributed by atoms with E-state index in [0.717, 1.165) is 31.4 Å². The highest BCUT2D eigenvalue weighted by Gasteiger charge is 2.31. The van der Waals surface area contributed by atoms with Crippen molar-refractivity contribution in [3.05, 3.63) is 36.1 Å². The lowest BCUT2D eigenvalue weighted by molar-refractivity contribution is 0.0578. The van der Waals surface area contributed by atoms with Crippen molar-refractivity contribution >= 4 is 5.91 Å². The Morgan fingerprint density at radius 2 is 2.09 bits per heavy atom. The van der Waals surface area contributed by atoms with E-state index in [4.69, 9.17) is 9.26 Å². The fraction of sp³-hybridized carbons (Fsp3) is 0.500. The summed E-state index contributed by atoms with van der Waals surface area (Å²) in [5.41, 5.74) is 0.419. The van der Waals surface area contributed by atoms with Gasteiger partial charge >= 0.3 is 0 Å². The van der Waals surface area contributed by atoms with Crippen LogP contribution in [0.15, 0.2) is 29.2 Å². The highest BCUT2D eigenvalue weighted by atomic mass is 16.5. The fourth-order valence-electron chi connectivity index (χ4n) is 2.81. The Balaban J connectivity index is 1.32. The van der Waals surface area contributed by atoms with Gasteiger partial charge in [0, 0.05) is 50.2 Å². The van der Waals surface area contributed by atoms with Crippen LogP contribution >= 0.6 is 0 Å². The molecule has 2 fully saturated rings. The summed E-state index contributed by atoms with van der Waals surface area (Å²) in [5.74, 6) is 1.84. The third kappa shape index (κ3) is 3.18. The van der Waals surface area contributed by atoms with Crippen LogP contribution in [0.5, 0.6) is 5.88 Å². The standard InChI is InChI=1S/C16H18N4O3/c21-16(13-9-14(23-19-13)11-1-2-11)20-7-4-12(5-8-20)22-15-3-6-17-10-18-15/h3,6,9-12H,1-2,4-5,7-8H2. The second kappa shape index (κ2) is 5.98. The van der Waals surface area contributed by atoms with Crippen LogP contribution in [-0.4, -0.2) is 45.1 Å². The summed E-state index contributed by atoms with van der Waals surface area (Å²) in [5, 5.41) is 3.92. The molecule has 0 N–H and O–H groups in total. The Morgan fingerprint density at radius 1 is 1.26 bits per heavy atom. The molecule has 0 unspecified atom stereocenters. The van der Waals surface area contributed by atoms with E-state index < -0.39 is 0 Å². The molecule has 0 radical (unpaired) electrons. The second-order valence-electron chi connectivity index (χ2n) is 6.05. The number of amides is 1. The van der Waals surface area contributed by atoms with E-state index in [-0.39, 0.29) is 12.0 Å². The number of rotatable bonds is 4. The molecule has 1 saturated heterocycles. The van der Waals surface area contributed by atoms with E-state index in [0.29, 0.717) is 30.6 Å². The van der Waals surface area contributed by atoms with Crippen LogP contribution in [0.25, 0.3) is 0 Å². The Hall–Kier alpha value is -2.44. The SMILES string of the molecule is O=C(c1cc(C2CC2)on1)N1CCC(Oc2ccncn2)CC1. The molecular weight excluding hydrogens is 296 g/mol. The lowest BCUT2D eigenvalue weighted by Crippen LogP contribution is -2.42. The van der Waals surface area contributed by atoms with E-state index in [1.54, 1.807) is 18.3 Å². The van der Waals surface area contributed by atoms with Crippen LogP contribution in [0.3, 0.4) is 0 Å². The predicted molar refractivity (Wildman–Crippen MR) is 80.1 cm³/mol. The molecule has 4 rings (SSSR count). The molecule has 1 amide bonds. The summed E-state index contributed by atoms with van der Waals surface area (Å²) < 4.78 is 11.1. The number of piperidine rings is 1. The number of carbonyl (C=O) groups is 1. The molecule has 120 valence electrons. The van der Waals surface area contributed by atoms with Crippen LogP contribution in [0.4, 0.5) is 0 Å². The van der Waals surface area contributed by atoms with Gasteiger partial charge in [0.15, 0.2) is 5.69 Å². The van der Waals surface area contributed by atoms with Crippen LogP contribution in [0.1, 0.15) is 47.8 Å². The van der Waals surface area contributed by atoms with Gasteiger partial charge in [-0.05, 0) is 12.8 Å². The number of nitrogens with zero attached hydrogens (tertiary/aromatic N) is 4. The van der Waals surface area contributed by atoms with Gasteiger partial charge in [0.25, 0.3) is 5.91 Å². The number of ether oxygens (including phenoxy) is 1. The van der Waals surface area contributed by atoms with E-state index in [1.165, 1.54) is 6.33 Å². The zero-order chi connectivity index (χ0) is 15.6. The van der Waals surface area contributed by atoms with Gasteiger partial charge < -0.3 is 14.2 Å². The van der Waals surface area contributed by atoms with Gasteiger partial charge in [-0.1, -0.05) is 5.16 Å². The number of hydrogen-bond acceptors (Lipinski definition) is 6. The van der Waals surface area contributed by atoms with Crippen LogP contribution < -0.4 is 4.74 Å². The molecule has 3 heterocycles. The topological polar surface area (TPSA) is 81.4 Å². The van der Waals surface area contributed by atoms with Gasteiger partial charge in [-0.15, -0.1) is 0 Å². The minimum atomic E-state index is -0.0545. The quantitative estimate of drug-likeness (QED) is 0.859. The maximum Gasteiger partial charge on any atom is 0.276 e. The normalized spacial score (nSPS) is 18.9. The smallest absolute Gasteiger partial charge is 0.276 e. The van der Waals surface area contributed by atoms with Crippen molar-refractivity contribution in [2.45, 2.75) is 37.7 Å². The summed E-state index contributed by atoms with van der Waals surface area (Å²) in [6.07, 6.45) is 7.03. The fourth-order valence-corrected chi connectivity index (χ4v) is 2.81. The molecule has 23 heavy (non-hydrogen) atoms.